The molecular formula is C10H11ClN2S. The highest BCUT2D eigenvalue weighted by Gasteiger charge is 2.04. The number of rotatable bonds is 4. The summed E-state index contributed by atoms with van der Waals surface area (Å²) in [6.07, 6.45) is 0. The number of nitrogens with zero attached hydrogens (tertiary/aromatic N) is 2. The Kier molecular flexibility index (Phi) is 4.60. The Bertz CT molecular complexity index is 348. The average molecular weight is 227 g/mol. The zero-order valence-electron chi connectivity index (χ0n) is 7.90. The number of hydrogen-bond acceptors (Lipinski definition) is 3. The first-order chi connectivity index (χ1) is 6.79. The summed E-state index contributed by atoms with van der Waals surface area (Å²) in [5, 5.41) is 2.37. The molecule has 0 fully saturated rings. The van der Waals surface area contributed by atoms with Gasteiger partial charge in [-0.25, -0.2) is 0 Å². The molecule has 0 bridgehead atoms. The average Bonchev–Trinajstić information content (AvgIpc) is 2.19. The highest BCUT2D eigenvalue weighted by atomic mass is 35.5. The third-order valence-corrected chi connectivity index (χ3v) is 2.14. The third kappa shape index (κ3) is 2.81. The normalized spacial score (nSPS) is 9.29. The Balaban J connectivity index is 2.99. The fourth-order valence-electron chi connectivity index (χ4n) is 1.18. The summed E-state index contributed by atoms with van der Waals surface area (Å²) in [5.74, 6) is 0.589. The Labute approximate surface area is 94.2 Å². The molecule has 0 aliphatic carbocycles. The summed E-state index contributed by atoms with van der Waals surface area (Å²) >= 11 is 10.3. The SMILES string of the molecule is CN(CCCl)c1ccccc1N=C=S. The minimum atomic E-state index is 0.589. The van der Waals surface area contributed by atoms with Gasteiger partial charge in [-0.05, 0) is 24.4 Å². The first kappa shape index (κ1) is 11.2. The van der Waals surface area contributed by atoms with Crippen LogP contribution in [-0.4, -0.2) is 24.6 Å². The van der Waals surface area contributed by atoms with Crippen molar-refractivity contribution >= 4 is 40.4 Å². The predicted molar refractivity (Wildman–Crippen MR) is 65.1 cm³/mol. The predicted octanol–water partition coefficient (Wildman–Crippen LogP) is 3.10. The molecule has 0 aromatic heterocycles. The summed E-state index contributed by atoms with van der Waals surface area (Å²) < 4.78 is 0. The monoisotopic (exact) mass is 226 g/mol. The first-order valence-electron chi connectivity index (χ1n) is 4.23. The summed E-state index contributed by atoms with van der Waals surface area (Å²) in [4.78, 5) is 6.03. The summed E-state index contributed by atoms with van der Waals surface area (Å²) in [7, 11) is 1.97. The van der Waals surface area contributed by atoms with Gasteiger partial charge in [0.2, 0.25) is 0 Å². The third-order valence-electron chi connectivity index (χ3n) is 1.88. The van der Waals surface area contributed by atoms with Crippen molar-refractivity contribution in [3.63, 3.8) is 0 Å². The van der Waals surface area contributed by atoms with E-state index in [9.17, 15) is 0 Å². The van der Waals surface area contributed by atoms with Gasteiger partial charge in [0, 0.05) is 19.5 Å². The van der Waals surface area contributed by atoms with Crippen molar-refractivity contribution in [1.29, 1.82) is 0 Å². The molecule has 2 nitrogen and oxygen atoms in total. The molecule has 0 heterocycles. The molecule has 1 rings (SSSR count). The van der Waals surface area contributed by atoms with E-state index in [-0.39, 0.29) is 0 Å². The van der Waals surface area contributed by atoms with Crippen LogP contribution in [0.3, 0.4) is 0 Å². The minimum Gasteiger partial charge on any atom is -0.372 e. The maximum absolute atomic E-state index is 5.67. The maximum atomic E-state index is 5.67. The van der Waals surface area contributed by atoms with Crippen LogP contribution < -0.4 is 4.90 Å². The molecule has 0 saturated carbocycles. The van der Waals surface area contributed by atoms with E-state index in [1.54, 1.807) is 0 Å². The molecule has 1 aromatic rings. The van der Waals surface area contributed by atoms with Crippen molar-refractivity contribution in [3.05, 3.63) is 24.3 Å². The zero-order chi connectivity index (χ0) is 10.4. The molecule has 0 saturated heterocycles. The zero-order valence-corrected chi connectivity index (χ0v) is 9.48. The van der Waals surface area contributed by atoms with E-state index in [0.29, 0.717) is 5.88 Å². The Morgan fingerprint density at radius 1 is 1.50 bits per heavy atom. The van der Waals surface area contributed by atoms with E-state index < -0.39 is 0 Å². The number of para-hydroxylation sites is 2. The lowest BCUT2D eigenvalue weighted by atomic mass is 10.2. The van der Waals surface area contributed by atoms with E-state index in [1.807, 2.05) is 36.2 Å². The number of aliphatic imine (C=N–C) groups is 1. The fraction of sp³-hybridized carbons (Fsp3) is 0.300. The Morgan fingerprint density at radius 3 is 2.86 bits per heavy atom. The van der Waals surface area contributed by atoms with Crippen molar-refractivity contribution in [2.24, 2.45) is 4.99 Å². The van der Waals surface area contributed by atoms with Crippen LogP contribution in [0.5, 0.6) is 0 Å². The number of benzene rings is 1. The molecule has 0 spiro atoms. The number of anilines is 1. The molecule has 0 amide bonds. The highest BCUT2D eigenvalue weighted by Crippen LogP contribution is 2.26. The van der Waals surface area contributed by atoms with Gasteiger partial charge in [0.15, 0.2) is 0 Å². The van der Waals surface area contributed by atoms with Crippen LogP contribution >= 0.6 is 23.8 Å². The van der Waals surface area contributed by atoms with Crippen LogP contribution in [0.1, 0.15) is 0 Å². The smallest absolute Gasteiger partial charge is 0.0972 e. The second-order valence-corrected chi connectivity index (χ2v) is 3.36. The molecule has 0 aliphatic heterocycles. The molecule has 4 heteroatoms. The summed E-state index contributed by atoms with van der Waals surface area (Å²) in [6, 6.07) is 7.77. The minimum absolute atomic E-state index is 0.589. The van der Waals surface area contributed by atoms with E-state index in [0.717, 1.165) is 17.9 Å². The number of thiocarbonyl (C=S) groups is 1. The molecule has 0 atom stereocenters. The first-order valence-corrected chi connectivity index (χ1v) is 5.18. The molecule has 0 N–H and O–H groups in total. The quantitative estimate of drug-likeness (QED) is 0.446. The van der Waals surface area contributed by atoms with Crippen molar-refractivity contribution in [2.75, 3.05) is 24.4 Å². The van der Waals surface area contributed by atoms with Gasteiger partial charge in [-0.15, -0.1) is 11.6 Å². The summed E-state index contributed by atoms with van der Waals surface area (Å²) in [6.45, 7) is 0.783. The van der Waals surface area contributed by atoms with Crippen LogP contribution in [0.4, 0.5) is 11.4 Å². The molecule has 1 aromatic carbocycles. The van der Waals surface area contributed by atoms with Crippen LogP contribution in [0.2, 0.25) is 0 Å². The second-order valence-electron chi connectivity index (χ2n) is 2.80. The van der Waals surface area contributed by atoms with Gasteiger partial charge >= 0.3 is 0 Å². The lowest BCUT2D eigenvalue weighted by molar-refractivity contribution is 0.973. The highest BCUT2D eigenvalue weighted by molar-refractivity contribution is 7.78. The fourth-order valence-corrected chi connectivity index (χ4v) is 1.53. The van der Waals surface area contributed by atoms with Gasteiger partial charge in [0.05, 0.1) is 16.5 Å². The van der Waals surface area contributed by atoms with Crippen molar-refractivity contribution in [1.82, 2.24) is 0 Å². The van der Waals surface area contributed by atoms with E-state index in [1.165, 1.54) is 0 Å². The molecule has 74 valence electrons. The van der Waals surface area contributed by atoms with Crippen LogP contribution in [0.15, 0.2) is 29.3 Å². The van der Waals surface area contributed by atoms with Gasteiger partial charge < -0.3 is 4.90 Å². The number of halogens is 1. The number of hydrogen-bond donors (Lipinski definition) is 0. The van der Waals surface area contributed by atoms with Crippen LogP contribution in [0, 0.1) is 0 Å². The van der Waals surface area contributed by atoms with Crippen molar-refractivity contribution in [3.8, 4) is 0 Å². The summed E-state index contributed by atoms with van der Waals surface area (Å²) in [5.41, 5.74) is 1.85. The molecule has 0 unspecified atom stereocenters. The standard InChI is InChI=1S/C10H11ClN2S/c1-13(7-6-11)10-5-3-2-4-9(10)12-8-14/h2-5H,6-7H2,1H3. The topological polar surface area (TPSA) is 15.6 Å². The molecule has 0 radical (unpaired) electrons. The molecule has 0 aliphatic rings. The number of isothiocyanates is 1. The van der Waals surface area contributed by atoms with Crippen molar-refractivity contribution < 1.29 is 0 Å². The van der Waals surface area contributed by atoms with Crippen LogP contribution in [0.25, 0.3) is 0 Å². The maximum Gasteiger partial charge on any atom is 0.0972 e. The van der Waals surface area contributed by atoms with Gasteiger partial charge in [0.25, 0.3) is 0 Å². The van der Waals surface area contributed by atoms with E-state index in [4.69, 9.17) is 11.6 Å². The lowest BCUT2D eigenvalue weighted by Gasteiger charge is -2.18. The van der Waals surface area contributed by atoms with E-state index in [2.05, 4.69) is 22.4 Å². The van der Waals surface area contributed by atoms with Gasteiger partial charge in [-0.2, -0.15) is 4.99 Å². The van der Waals surface area contributed by atoms with Crippen molar-refractivity contribution in [2.45, 2.75) is 0 Å². The van der Waals surface area contributed by atoms with Gasteiger partial charge in [0.1, 0.15) is 0 Å². The molecular weight excluding hydrogens is 216 g/mol. The van der Waals surface area contributed by atoms with Gasteiger partial charge in [-0.3, -0.25) is 0 Å². The van der Waals surface area contributed by atoms with Crippen LogP contribution in [-0.2, 0) is 0 Å². The second kappa shape index (κ2) is 5.76. The van der Waals surface area contributed by atoms with E-state index >= 15 is 0 Å². The van der Waals surface area contributed by atoms with Gasteiger partial charge in [-0.1, -0.05) is 12.1 Å². The Morgan fingerprint density at radius 2 is 2.21 bits per heavy atom. The number of alkyl halides is 1. The largest absolute Gasteiger partial charge is 0.372 e. The lowest BCUT2D eigenvalue weighted by Crippen LogP contribution is -2.19. The Hall–Kier alpha value is -0.890. The molecule has 14 heavy (non-hydrogen) atoms.